The largest absolute Gasteiger partial charge is 0.345 e. The molecule has 3 aromatic rings. The van der Waals surface area contributed by atoms with E-state index in [1.807, 2.05) is 6.07 Å². The lowest BCUT2D eigenvalue weighted by atomic mass is 10.2. The molecule has 25 heavy (non-hydrogen) atoms. The van der Waals surface area contributed by atoms with Crippen LogP contribution in [0.15, 0.2) is 36.8 Å². The lowest BCUT2D eigenvalue weighted by molar-refractivity contribution is 0.0949. The number of pyridine rings is 1. The van der Waals surface area contributed by atoms with Crippen LogP contribution in [0.5, 0.6) is 0 Å². The Labute approximate surface area is 144 Å². The van der Waals surface area contributed by atoms with Crippen LogP contribution < -0.4 is 5.32 Å². The average molecular weight is 337 g/mol. The minimum Gasteiger partial charge on any atom is -0.345 e. The number of nitrogens with zero attached hydrogens (tertiary/aromatic N) is 6. The van der Waals surface area contributed by atoms with E-state index in [0.717, 1.165) is 37.5 Å². The Bertz CT molecular complexity index is 852. The molecular weight excluding hydrogens is 318 g/mol. The fourth-order valence-corrected chi connectivity index (χ4v) is 3.00. The molecule has 0 fully saturated rings. The zero-order valence-corrected chi connectivity index (χ0v) is 13.8. The number of aromatic nitrogens is 6. The van der Waals surface area contributed by atoms with Gasteiger partial charge in [0.05, 0.1) is 12.1 Å². The molecule has 1 N–H and O–H groups in total. The summed E-state index contributed by atoms with van der Waals surface area (Å²) in [5, 5.41) is 15.5. The molecule has 0 unspecified atom stereocenters. The normalized spacial score (nSPS) is 13.9. The summed E-state index contributed by atoms with van der Waals surface area (Å²) in [4.78, 5) is 16.6. The fourth-order valence-electron chi connectivity index (χ4n) is 3.00. The Morgan fingerprint density at radius 3 is 2.96 bits per heavy atom. The Hall–Kier alpha value is -3.03. The predicted molar refractivity (Wildman–Crippen MR) is 90.1 cm³/mol. The Kier molecular flexibility index (Phi) is 4.24. The third-order valence-electron chi connectivity index (χ3n) is 4.34. The van der Waals surface area contributed by atoms with E-state index >= 15 is 0 Å². The van der Waals surface area contributed by atoms with Gasteiger partial charge in [-0.25, -0.2) is 9.67 Å². The number of aryl methyl sites for hydroxylation is 1. The van der Waals surface area contributed by atoms with E-state index in [4.69, 9.17) is 0 Å². The molecule has 1 aliphatic rings. The molecule has 3 aromatic heterocycles. The van der Waals surface area contributed by atoms with Crippen molar-refractivity contribution in [2.45, 2.75) is 38.8 Å². The summed E-state index contributed by atoms with van der Waals surface area (Å²) in [6.07, 6.45) is 9.49. The molecule has 0 bridgehead atoms. The molecule has 0 spiro atoms. The Balaban J connectivity index is 1.42. The second-order valence-electron chi connectivity index (χ2n) is 6.03. The van der Waals surface area contributed by atoms with Crippen molar-refractivity contribution in [2.24, 2.45) is 0 Å². The monoisotopic (exact) mass is 337 g/mol. The summed E-state index contributed by atoms with van der Waals surface area (Å²) in [6.45, 7) is 1.29. The van der Waals surface area contributed by atoms with E-state index in [9.17, 15) is 4.79 Å². The molecular formula is C17H19N7O. The maximum atomic E-state index is 12.3. The quantitative estimate of drug-likeness (QED) is 0.779. The SMILES string of the molecule is O=C(NCc1nnc2n1CCCCC2)c1ccc(-n2cccn2)nc1. The van der Waals surface area contributed by atoms with Crippen LogP contribution in [0.4, 0.5) is 0 Å². The number of rotatable bonds is 4. The summed E-state index contributed by atoms with van der Waals surface area (Å²) in [6, 6.07) is 5.33. The van der Waals surface area contributed by atoms with Gasteiger partial charge in [0, 0.05) is 31.6 Å². The Morgan fingerprint density at radius 1 is 1.20 bits per heavy atom. The third kappa shape index (κ3) is 3.28. The van der Waals surface area contributed by atoms with Crippen LogP contribution in [0.1, 0.15) is 41.3 Å². The molecule has 4 rings (SSSR count). The van der Waals surface area contributed by atoms with Crippen LogP contribution in [0.25, 0.3) is 5.82 Å². The van der Waals surface area contributed by atoms with E-state index in [1.165, 1.54) is 6.42 Å². The van der Waals surface area contributed by atoms with Crippen LogP contribution >= 0.6 is 0 Å². The van der Waals surface area contributed by atoms with Gasteiger partial charge in [0.25, 0.3) is 5.91 Å². The van der Waals surface area contributed by atoms with E-state index in [2.05, 4.69) is 30.2 Å². The second kappa shape index (κ2) is 6.84. The van der Waals surface area contributed by atoms with Crippen molar-refractivity contribution in [1.29, 1.82) is 0 Å². The second-order valence-corrected chi connectivity index (χ2v) is 6.03. The van der Waals surface area contributed by atoms with Gasteiger partial charge < -0.3 is 9.88 Å². The maximum absolute atomic E-state index is 12.3. The van der Waals surface area contributed by atoms with Crippen LogP contribution in [-0.2, 0) is 19.5 Å². The molecule has 0 radical (unpaired) electrons. The molecule has 0 saturated heterocycles. The third-order valence-corrected chi connectivity index (χ3v) is 4.34. The Morgan fingerprint density at radius 2 is 2.16 bits per heavy atom. The summed E-state index contributed by atoms with van der Waals surface area (Å²) in [7, 11) is 0. The van der Waals surface area contributed by atoms with Gasteiger partial charge in [-0.2, -0.15) is 5.10 Å². The molecule has 0 saturated carbocycles. The molecule has 8 heteroatoms. The van der Waals surface area contributed by atoms with E-state index in [0.29, 0.717) is 17.9 Å². The van der Waals surface area contributed by atoms with Crippen molar-refractivity contribution in [2.75, 3.05) is 0 Å². The number of hydrogen-bond acceptors (Lipinski definition) is 5. The summed E-state index contributed by atoms with van der Waals surface area (Å²) >= 11 is 0. The molecule has 0 aliphatic carbocycles. The minimum absolute atomic E-state index is 0.175. The van der Waals surface area contributed by atoms with Crippen LogP contribution in [0, 0.1) is 0 Å². The van der Waals surface area contributed by atoms with E-state index in [-0.39, 0.29) is 5.91 Å². The average Bonchev–Trinajstić information content (AvgIpc) is 3.25. The number of carbonyl (C=O) groups excluding carboxylic acids is 1. The number of fused-ring (bicyclic) bond motifs is 1. The molecule has 8 nitrogen and oxygen atoms in total. The molecule has 0 aromatic carbocycles. The van der Waals surface area contributed by atoms with Gasteiger partial charge in [-0.15, -0.1) is 10.2 Å². The summed E-state index contributed by atoms with van der Waals surface area (Å²) in [5.74, 6) is 2.33. The van der Waals surface area contributed by atoms with Gasteiger partial charge in [0.15, 0.2) is 11.6 Å². The van der Waals surface area contributed by atoms with Gasteiger partial charge in [0.2, 0.25) is 0 Å². The fraction of sp³-hybridized carbons (Fsp3) is 0.353. The smallest absolute Gasteiger partial charge is 0.253 e. The predicted octanol–water partition coefficient (Wildman–Crippen LogP) is 1.52. The maximum Gasteiger partial charge on any atom is 0.253 e. The van der Waals surface area contributed by atoms with Crippen molar-refractivity contribution in [3.05, 3.63) is 54.0 Å². The van der Waals surface area contributed by atoms with Gasteiger partial charge >= 0.3 is 0 Å². The van der Waals surface area contributed by atoms with Crippen molar-refractivity contribution in [3.63, 3.8) is 0 Å². The van der Waals surface area contributed by atoms with Crippen LogP contribution in [-0.4, -0.2) is 35.4 Å². The standard InChI is InChI=1S/C17H19N7O/c25-17(13-6-7-14(18-11-13)24-10-4-8-20-24)19-12-16-22-21-15-5-2-1-3-9-23(15)16/h4,6-8,10-11H,1-3,5,9,12H2,(H,19,25). The number of nitrogens with one attached hydrogen (secondary N) is 1. The highest BCUT2D eigenvalue weighted by Gasteiger charge is 2.15. The topological polar surface area (TPSA) is 90.5 Å². The van der Waals surface area contributed by atoms with E-state index < -0.39 is 0 Å². The lowest BCUT2D eigenvalue weighted by Crippen LogP contribution is -2.25. The highest BCUT2D eigenvalue weighted by atomic mass is 16.1. The first-order valence-electron chi connectivity index (χ1n) is 8.46. The van der Waals surface area contributed by atoms with Crippen LogP contribution in [0.2, 0.25) is 0 Å². The number of amides is 1. The molecule has 4 heterocycles. The zero-order chi connectivity index (χ0) is 17.1. The summed E-state index contributed by atoms with van der Waals surface area (Å²) < 4.78 is 3.78. The highest BCUT2D eigenvalue weighted by molar-refractivity contribution is 5.93. The molecule has 1 aliphatic heterocycles. The van der Waals surface area contributed by atoms with Gasteiger partial charge in [0.1, 0.15) is 5.82 Å². The number of carbonyl (C=O) groups is 1. The number of hydrogen-bond donors (Lipinski definition) is 1. The van der Waals surface area contributed by atoms with Crippen LogP contribution in [0.3, 0.4) is 0 Å². The van der Waals surface area contributed by atoms with Crippen molar-refractivity contribution < 1.29 is 4.79 Å². The molecule has 0 atom stereocenters. The van der Waals surface area contributed by atoms with E-state index in [1.54, 1.807) is 35.4 Å². The van der Waals surface area contributed by atoms with Gasteiger partial charge in [-0.05, 0) is 31.0 Å². The lowest BCUT2D eigenvalue weighted by Gasteiger charge is -2.08. The van der Waals surface area contributed by atoms with Crippen molar-refractivity contribution in [1.82, 2.24) is 34.8 Å². The summed E-state index contributed by atoms with van der Waals surface area (Å²) in [5.41, 5.74) is 0.506. The minimum atomic E-state index is -0.175. The first-order valence-corrected chi connectivity index (χ1v) is 8.46. The molecule has 1 amide bonds. The first-order chi connectivity index (χ1) is 12.3. The zero-order valence-electron chi connectivity index (χ0n) is 13.8. The van der Waals surface area contributed by atoms with Crippen molar-refractivity contribution >= 4 is 5.91 Å². The first kappa shape index (κ1) is 15.5. The highest BCUT2D eigenvalue weighted by Crippen LogP contribution is 2.14. The van der Waals surface area contributed by atoms with Gasteiger partial charge in [-0.1, -0.05) is 6.42 Å². The molecule has 128 valence electrons. The van der Waals surface area contributed by atoms with Crippen molar-refractivity contribution in [3.8, 4) is 5.82 Å². The van der Waals surface area contributed by atoms with Gasteiger partial charge in [-0.3, -0.25) is 4.79 Å².